The molecule has 2 rings (SSSR count). The maximum Gasteiger partial charge on any atom is 0.288 e. The first-order chi connectivity index (χ1) is 9.61. The molecule has 0 amide bonds. The van der Waals surface area contributed by atoms with Gasteiger partial charge in [0.25, 0.3) is 5.69 Å². The van der Waals surface area contributed by atoms with E-state index in [1.807, 2.05) is 6.07 Å². The van der Waals surface area contributed by atoms with Gasteiger partial charge in [0, 0.05) is 12.3 Å². The molecule has 0 saturated carbocycles. The zero-order chi connectivity index (χ0) is 14.5. The van der Waals surface area contributed by atoms with Crippen molar-refractivity contribution in [2.75, 3.05) is 0 Å². The summed E-state index contributed by atoms with van der Waals surface area (Å²) >= 11 is 5.74. The van der Waals surface area contributed by atoms with Gasteiger partial charge >= 0.3 is 0 Å². The Bertz CT molecular complexity index is 721. The van der Waals surface area contributed by atoms with Crippen molar-refractivity contribution in [3.05, 3.63) is 69.0 Å². The molecular weight excluding hydrogens is 278 g/mol. The molecule has 20 heavy (non-hydrogen) atoms. The fourth-order valence-corrected chi connectivity index (χ4v) is 1.80. The van der Waals surface area contributed by atoms with Gasteiger partial charge < -0.3 is 0 Å². The minimum absolute atomic E-state index is 0.0588. The second-order valence-electron chi connectivity index (χ2n) is 3.85. The third-order valence-corrected chi connectivity index (χ3v) is 2.86. The van der Waals surface area contributed by atoms with E-state index in [4.69, 9.17) is 16.9 Å². The highest BCUT2D eigenvalue weighted by Gasteiger charge is 2.12. The number of nitro benzene ring substituents is 1. The predicted octanol–water partition coefficient (Wildman–Crippen LogP) is 3.71. The van der Waals surface area contributed by atoms with Crippen LogP contribution in [0.15, 0.2) is 42.6 Å². The highest BCUT2D eigenvalue weighted by atomic mass is 35.5. The van der Waals surface area contributed by atoms with Crippen LogP contribution in [0.4, 0.5) is 5.69 Å². The summed E-state index contributed by atoms with van der Waals surface area (Å²) in [6.45, 7) is 0. The minimum atomic E-state index is -0.563. The van der Waals surface area contributed by atoms with E-state index in [-0.39, 0.29) is 10.7 Å². The second kappa shape index (κ2) is 5.95. The quantitative estimate of drug-likeness (QED) is 0.489. The fourth-order valence-electron chi connectivity index (χ4n) is 1.61. The molecule has 2 aromatic rings. The first-order valence-corrected chi connectivity index (χ1v) is 5.97. The number of hydrogen-bond acceptors (Lipinski definition) is 4. The summed E-state index contributed by atoms with van der Waals surface area (Å²) in [7, 11) is 0. The van der Waals surface area contributed by atoms with Crippen molar-refractivity contribution >= 4 is 28.9 Å². The first-order valence-electron chi connectivity index (χ1n) is 5.59. The molecular formula is C14H8ClN3O2. The van der Waals surface area contributed by atoms with Crippen LogP contribution in [0.2, 0.25) is 5.02 Å². The lowest BCUT2D eigenvalue weighted by Crippen LogP contribution is -1.90. The maximum atomic E-state index is 10.8. The average Bonchev–Trinajstić information content (AvgIpc) is 2.47. The molecule has 0 N–H and O–H groups in total. The van der Waals surface area contributed by atoms with Crippen molar-refractivity contribution in [2.45, 2.75) is 0 Å². The molecule has 0 spiro atoms. The Morgan fingerprint density at radius 2 is 2.20 bits per heavy atom. The van der Waals surface area contributed by atoms with Crippen LogP contribution in [0.1, 0.15) is 11.3 Å². The first kappa shape index (κ1) is 13.7. The normalized spacial score (nSPS) is 10.9. The van der Waals surface area contributed by atoms with Gasteiger partial charge in [-0.1, -0.05) is 23.7 Å². The van der Waals surface area contributed by atoms with Gasteiger partial charge in [-0.15, -0.1) is 0 Å². The number of nitriles is 1. The van der Waals surface area contributed by atoms with E-state index in [1.54, 1.807) is 30.5 Å². The summed E-state index contributed by atoms with van der Waals surface area (Å²) in [6.07, 6.45) is 3.11. The van der Waals surface area contributed by atoms with Crippen molar-refractivity contribution < 1.29 is 4.92 Å². The van der Waals surface area contributed by atoms with Crippen LogP contribution in [0, 0.1) is 21.4 Å². The lowest BCUT2D eigenvalue weighted by molar-refractivity contribution is -0.384. The standard InChI is InChI=1S/C14H8ClN3O2/c15-12-5-4-10(8-14(12)18(19)20)7-11(9-16)13-3-1-2-6-17-13/h1-8H. The van der Waals surface area contributed by atoms with Gasteiger partial charge in [-0.2, -0.15) is 5.26 Å². The van der Waals surface area contributed by atoms with Crippen LogP contribution in [0.5, 0.6) is 0 Å². The lowest BCUT2D eigenvalue weighted by atomic mass is 10.1. The summed E-state index contributed by atoms with van der Waals surface area (Å²) in [6, 6.07) is 11.6. The number of nitrogens with zero attached hydrogens (tertiary/aromatic N) is 3. The molecule has 0 aliphatic carbocycles. The van der Waals surface area contributed by atoms with Crippen LogP contribution in [0.25, 0.3) is 11.6 Å². The maximum absolute atomic E-state index is 10.8. The molecule has 0 saturated heterocycles. The Labute approximate surface area is 119 Å². The fraction of sp³-hybridized carbons (Fsp3) is 0. The van der Waals surface area contributed by atoms with Crippen LogP contribution >= 0.6 is 11.6 Å². The zero-order valence-corrected chi connectivity index (χ0v) is 10.9. The number of aromatic nitrogens is 1. The molecule has 0 fully saturated rings. The number of rotatable bonds is 3. The molecule has 0 radical (unpaired) electrons. The van der Waals surface area contributed by atoms with Gasteiger partial charge in [-0.25, -0.2) is 0 Å². The molecule has 1 aromatic heterocycles. The molecule has 5 nitrogen and oxygen atoms in total. The summed E-state index contributed by atoms with van der Waals surface area (Å²) in [5.41, 5.74) is 1.15. The number of nitro groups is 1. The Kier molecular flexibility index (Phi) is 4.08. The van der Waals surface area contributed by atoms with E-state index in [2.05, 4.69) is 4.98 Å². The molecule has 0 bridgehead atoms. The highest BCUT2D eigenvalue weighted by Crippen LogP contribution is 2.26. The van der Waals surface area contributed by atoms with Gasteiger partial charge in [0.1, 0.15) is 11.1 Å². The summed E-state index contributed by atoms with van der Waals surface area (Å²) in [4.78, 5) is 14.3. The third kappa shape index (κ3) is 2.99. The summed E-state index contributed by atoms with van der Waals surface area (Å²) < 4.78 is 0. The Balaban J connectivity index is 2.47. The average molecular weight is 286 g/mol. The Morgan fingerprint density at radius 3 is 2.80 bits per heavy atom. The van der Waals surface area contributed by atoms with Crippen molar-refractivity contribution in [3.8, 4) is 6.07 Å². The van der Waals surface area contributed by atoms with Crippen LogP contribution < -0.4 is 0 Å². The van der Waals surface area contributed by atoms with Gasteiger partial charge in [-0.05, 0) is 29.8 Å². The van der Waals surface area contributed by atoms with E-state index in [1.165, 1.54) is 18.2 Å². The molecule has 1 aromatic carbocycles. The van der Waals surface area contributed by atoms with Gasteiger partial charge in [0.15, 0.2) is 0 Å². The monoisotopic (exact) mass is 285 g/mol. The van der Waals surface area contributed by atoms with Crippen molar-refractivity contribution in [1.29, 1.82) is 5.26 Å². The van der Waals surface area contributed by atoms with Gasteiger partial charge in [0.2, 0.25) is 0 Å². The SMILES string of the molecule is N#CC(=Cc1ccc(Cl)c([N+](=O)[O-])c1)c1ccccn1. The lowest BCUT2D eigenvalue weighted by Gasteiger charge is -2.00. The molecule has 0 atom stereocenters. The number of halogens is 1. The van der Waals surface area contributed by atoms with E-state index >= 15 is 0 Å². The molecule has 0 unspecified atom stereocenters. The van der Waals surface area contributed by atoms with Crippen LogP contribution in [-0.2, 0) is 0 Å². The number of hydrogen-bond donors (Lipinski definition) is 0. The molecule has 98 valence electrons. The predicted molar refractivity (Wildman–Crippen MR) is 75.8 cm³/mol. The van der Waals surface area contributed by atoms with E-state index < -0.39 is 4.92 Å². The smallest absolute Gasteiger partial charge is 0.258 e. The van der Waals surface area contributed by atoms with E-state index in [0.29, 0.717) is 16.8 Å². The van der Waals surface area contributed by atoms with Crippen molar-refractivity contribution in [1.82, 2.24) is 4.98 Å². The summed E-state index contributed by atoms with van der Waals surface area (Å²) in [5.74, 6) is 0. The molecule has 6 heteroatoms. The Hall–Kier alpha value is -2.71. The second-order valence-corrected chi connectivity index (χ2v) is 4.26. The zero-order valence-electron chi connectivity index (χ0n) is 10.2. The topological polar surface area (TPSA) is 79.8 Å². The van der Waals surface area contributed by atoms with Crippen LogP contribution in [0.3, 0.4) is 0 Å². The molecule has 0 aliphatic heterocycles. The minimum Gasteiger partial charge on any atom is -0.258 e. The van der Waals surface area contributed by atoms with E-state index in [9.17, 15) is 10.1 Å². The third-order valence-electron chi connectivity index (χ3n) is 2.54. The largest absolute Gasteiger partial charge is 0.288 e. The van der Waals surface area contributed by atoms with Crippen molar-refractivity contribution in [2.24, 2.45) is 0 Å². The van der Waals surface area contributed by atoms with Gasteiger partial charge in [0.05, 0.1) is 16.2 Å². The Morgan fingerprint density at radius 1 is 1.40 bits per heavy atom. The highest BCUT2D eigenvalue weighted by molar-refractivity contribution is 6.32. The van der Waals surface area contributed by atoms with Crippen LogP contribution in [-0.4, -0.2) is 9.91 Å². The number of allylic oxidation sites excluding steroid dienone is 1. The number of benzene rings is 1. The van der Waals surface area contributed by atoms with Gasteiger partial charge in [-0.3, -0.25) is 15.1 Å². The number of pyridine rings is 1. The van der Waals surface area contributed by atoms with Crippen molar-refractivity contribution in [3.63, 3.8) is 0 Å². The van der Waals surface area contributed by atoms with E-state index in [0.717, 1.165) is 0 Å². The molecule has 1 heterocycles. The molecule has 0 aliphatic rings. The summed E-state index contributed by atoms with van der Waals surface area (Å²) in [5, 5.41) is 20.0.